The van der Waals surface area contributed by atoms with E-state index in [1.807, 2.05) is 0 Å². The average molecular weight is 364 g/mol. The van der Waals surface area contributed by atoms with E-state index in [9.17, 15) is 13.4 Å². The number of benzene rings is 1. The molecule has 0 bridgehead atoms. The van der Waals surface area contributed by atoms with Crippen LogP contribution in [0.15, 0.2) is 23.2 Å². The van der Waals surface area contributed by atoms with Crippen molar-refractivity contribution in [1.82, 2.24) is 0 Å². The van der Waals surface area contributed by atoms with Gasteiger partial charge in [-0.3, -0.25) is 14.0 Å². The highest BCUT2D eigenvalue weighted by molar-refractivity contribution is 8.02. The Labute approximate surface area is 148 Å². The molecule has 1 saturated carbocycles. The summed E-state index contributed by atoms with van der Waals surface area (Å²) >= 11 is 0. The lowest BCUT2D eigenvalue weighted by Gasteiger charge is -2.41. The maximum atomic E-state index is 14.6. The van der Waals surface area contributed by atoms with Crippen LogP contribution in [-0.2, 0) is 26.3 Å². The molecule has 136 valence electrons. The third kappa shape index (κ3) is 3.12. The highest BCUT2D eigenvalue weighted by atomic mass is 32.2. The molecule has 1 unspecified atom stereocenters. The standard InChI is InChI=1S/C19H25FN2O2S/c1-18(2)17(21)22-19(3,11-25(18,4)24)14-9-12(5-8-15(14)20)10-16(23)13-6-7-13/h5,8-9,13H,4,6-7,10-11H2,1-3H3,(H2,21,22)/t19-,25?/m0/s1. The lowest BCUT2D eigenvalue weighted by Crippen LogP contribution is -2.54. The molecule has 1 fully saturated rings. The number of amidine groups is 1. The first-order valence-corrected chi connectivity index (χ1v) is 10.4. The molecule has 1 heterocycles. The van der Waals surface area contributed by atoms with Gasteiger partial charge in [-0.1, -0.05) is 6.07 Å². The number of nitrogens with zero attached hydrogens (tertiary/aromatic N) is 1. The number of nitrogens with two attached hydrogens (primary N) is 1. The van der Waals surface area contributed by atoms with Gasteiger partial charge >= 0.3 is 0 Å². The molecular weight excluding hydrogens is 339 g/mol. The van der Waals surface area contributed by atoms with E-state index < -0.39 is 25.6 Å². The Morgan fingerprint density at radius 2 is 2.04 bits per heavy atom. The van der Waals surface area contributed by atoms with Gasteiger partial charge in [0, 0.05) is 23.7 Å². The number of rotatable bonds is 4. The van der Waals surface area contributed by atoms with Crippen LogP contribution in [0.4, 0.5) is 4.39 Å². The van der Waals surface area contributed by atoms with Crippen molar-refractivity contribution in [2.24, 2.45) is 16.6 Å². The Morgan fingerprint density at radius 3 is 2.60 bits per heavy atom. The van der Waals surface area contributed by atoms with Crippen LogP contribution >= 0.6 is 0 Å². The summed E-state index contributed by atoms with van der Waals surface area (Å²) in [4.78, 5) is 16.6. The molecule has 1 aliphatic carbocycles. The fraction of sp³-hybridized carbons (Fsp3) is 0.526. The molecule has 0 amide bonds. The van der Waals surface area contributed by atoms with Crippen molar-refractivity contribution in [1.29, 1.82) is 0 Å². The topological polar surface area (TPSA) is 72.5 Å². The average Bonchev–Trinajstić information content (AvgIpc) is 3.31. The van der Waals surface area contributed by atoms with Crippen LogP contribution in [0.3, 0.4) is 0 Å². The van der Waals surface area contributed by atoms with E-state index >= 15 is 0 Å². The monoisotopic (exact) mass is 364 g/mol. The quantitative estimate of drug-likeness (QED) is 0.834. The molecule has 0 aromatic heterocycles. The zero-order valence-electron chi connectivity index (χ0n) is 15.0. The molecule has 0 saturated heterocycles. The number of Topliss-reactive ketones (excluding diaryl/α,β-unsaturated/α-hetero) is 1. The SMILES string of the molecule is C=S1(=O)C[C@@](C)(c2cc(CC(=O)C3CC3)ccc2F)N=C(N)C1(C)C. The predicted octanol–water partition coefficient (Wildman–Crippen LogP) is 2.43. The molecule has 2 N–H and O–H groups in total. The van der Waals surface area contributed by atoms with E-state index in [-0.39, 0.29) is 23.3 Å². The molecule has 0 radical (unpaired) electrons. The van der Waals surface area contributed by atoms with Crippen LogP contribution in [0.25, 0.3) is 0 Å². The Kier molecular flexibility index (Phi) is 4.10. The summed E-state index contributed by atoms with van der Waals surface area (Å²) < 4.78 is 26.8. The maximum Gasteiger partial charge on any atom is 0.140 e. The highest BCUT2D eigenvalue weighted by Gasteiger charge is 2.45. The fourth-order valence-corrected chi connectivity index (χ4v) is 5.16. The third-order valence-electron chi connectivity index (χ3n) is 5.45. The summed E-state index contributed by atoms with van der Waals surface area (Å²) in [5.74, 6) is 4.13. The van der Waals surface area contributed by atoms with E-state index in [1.165, 1.54) is 6.07 Å². The maximum absolute atomic E-state index is 14.6. The van der Waals surface area contributed by atoms with E-state index in [2.05, 4.69) is 10.9 Å². The fourth-order valence-electron chi connectivity index (χ4n) is 3.24. The Hall–Kier alpha value is -1.69. The summed E-state index contributed by atoms with van der Waals surface area (Å²) in [5, 5.41) is 0. The van der Waals surface area contributed by atoms with Crippen LogP contribution in [0.1, 0.15) is 44.7 Å². The van der Waals surface area contributed by atoms with Gasteiger partial charge in [0.2, 0.25) is 0 Å². The molecular formula is C19H25FN2O2S. The first-order chi connectivity index (χ1) is 11.5. The minimum absolute atomic E-state index is 0.116. The van der Waals surface area contributed by atoms with Gasteiger partial charge < -0.3 is 5.73 Å². The van der Waals surface area contributed by atoms with E-state index in [1.54, 1.807) is 32.9 Å². The molecule has 2 aliphatic rings. The number of aliphatic imine (C=N–C) groups is 1. The van der Waals surface area contributed by atoms with E-state index in [4.69, 9.17) is 5.73 Å². The molecule has 3 rings (SSSR count). The second kappa shape index (κ2) is 5.66. The van der Waals surface area contributed by atoms with Crippen molar-refractivity contribution in [3.05, 3.63) is 35.1 Å². The zero-order chi connectivity index (χ0) is 18.6. The van der Waals surface area contributed by atoms with E-state index in [0.717, 1.165) is 18.4 Å². The number of hydrogen-bond donors (Lipinski definition) is 1. The van der Waals surface area contributed by atoms with Crippen molar-refractivity contribution >= 4 is 27.0 Å². The van der Waals surface area contributed by atoms with Gasteiger partial charge in [-0.25, -0.2) is 4.39 Å². The minimum atomic E-state index is -2.61. The normalized spacial score (nSPS) is 31.4. The lowest BCUT2D eigenvalue weighted by molar-refractivity contribution is -0.119. The number of hydrogen-bond acceptors (Lipinski definition) is 4. The van der Waals surface area contributed by atoms with Crippen LogP contribution < -0.4 is 5.73 Å². The first kappa shape index (κ1) is 18.1. The van der Waals surface area contributed by atoms with Gasteiger partial charge in [0.15, 0.2) is 0 Å². The van der Waals surface area contributed by atoms with Gasteiger partial charge in [0.25, 0.3) is 0 Å². The second-order valence-electron chi connectivity index (χ2n) is 7.97. The molecule has 25 heavy (non-hydrogen) atoms. The third-order valence-corrected chi connectivity index (χ3v) is 8.55. The first-order valence-electron chi connectivity index (χ1n) is 8.48. The van der Waals surface area contributed by atoms with Crippen molar-refractivity contribution in [3.63, 3.8) is 0 Å². The Morgan fingerprint density at radius 1 is 1.40 bits per heavy atom. The van der Waals surface area contributed by atoms with Crippen LogP contribution in [0, 0.1) is 11.7 Å². The number of carbonyl (C=O) groups is 1. The van der Waals surface area contributed by atoms with Crippen molar-refractivity contribution < 1.29 is 13.4 Å². The summed E-state index contributed by atoms with van der Waals surface area (Å²) in [5.41, 5.74) is 6.09. The molecule has 4 nitrogen and oxygen atoms in total. The molecule has 1 aliphatic heterocycles. The van der Waals surface area contributed by atoms with Gasteiger partial charge in [-0.15, -0.1) is 0 Å². The van der Waals surface area contributed by atoms with Crippen molar-refractivity contribution in [2.45, 2.75) is 50.3 Å². The van der Waals surface area contributed by atoms with Gasteiger partial charge in [-0.2, -0.15) is 0 Å². The largest absolute Gasteiger partial charge is 0.386 e. The lowest BCUT2D eigenvalue weighted by atomic mass is 9.90. The minimum Gasteiger partial charge on any atom is -0.386 e. The summed E-state index contributed by atoms with van der Waals surface area (Å²) in [6, 6.07) is 4.65. The Balaban J connectivity index is 2.03. The van der Waals surface area contributed by atoms with Crippen LogP contribution in [0.5, 0.6) is 0 Å². The van der Waals surface area contributed by atoms with Gasteiger partial charge in [0.1, 0.15) is 17.4 Å². The number of halogens is 1. The van der Waals surface area contributed by atoms with Crippen LogP contribution in [-0.4, -0.2) is 32.2 Å². The second-order valence-corrected chi connectivity index (χ2v) is 10.9. The zero-order valence-corrected chi connectivity index (χ0v) is 15.8. The summed E-state index contributed by atoms with van der Waals surface area (Å²) in [6.45, 7) is 5.23. The predicted molar refractivity (Wildman–Crippen MR) is 101 cm³/mol. The molecule has 0 spiro atoms. The van der Waals surface area contributed by atoms with Crippen LogP contribution in [0.2, 0.25) is 0 Å². The van der Waals surface area contributed by atoms with E-state index in [0.29, 0.717) is 12.0 Å². The number of carbonyl (C=O) groups excluding carboxylic acids is 1. The smallest absolute Gasteiger partial charge is 0.140 e. The molecule has 2 atom stereocenters. The van der Waals surface area contributed by atoms with Crippen molar-refractivity contribution in [2.75, 3.05) is 5.75 Å². The molecule has 1 aromatic rings. The molecule has 1 aromatic carbocycles. The molecule has 6 heteroatoms. The summed E-state index contributed by atoms with van der Waals surface area (Å²) in [6.07, 6.45) is 2.19. The highest BCUT2D eigenvalue weighted by Crippen LogP contribution is 2.38. The van der Waals surface area contributed by atoms with Gasteiger partial charge in [0.05, 0.1) is 10.3 Å². The van der Waals surface area contributed by atoms with Crippen molar-refractivity contribution in [3.8, 4) is 0 Å². The summed E-state index contributed by atoms with van der Waals surface area (Å²) in [7, 11) is -2.61. The van der Waals surface area contributed by atoms with Gasteiger partial charge in [-0.05, 0) is 66.7 Å². The Bertz CT molecular complexity index is 869. The number of ketones is 1.